The third-order valence-corrected chi connectivity index (χ3v) is 6.46. The van der Waals surface area contributed by atoms with Gasteiger partial charge in [0.1, 0.15) is 0 Å². The van der Waals surface area contributed by atoms with E-state index in [0.717, 1.165) is 6.42 Å². The lowest BCUT2D eigenvalue weighted by molar-refractivity contribution is -0.129. The molecular weight excluding hydrogens is 330 g/mol. The molecule has 1 aliphatic rings. The number of rotatable bonds is 6. The maximum atomic E-state index is 12.1. The number of carbonyl (C=O) groups is 2. The fourth-order valence-corrected chi connectivity index (χ4v) is 5.02. The average Bonchev–Trinajstić information content (AvgIpc) is 2.60. The second kappa shape index (κ2) is 9.23. The van der Waals surface area contributed by atoms with Crippen LogP contribution in [0.1, 0.15) is 47.2 Å². The van der Waals surface area contributed by atoms with Crippen LogP contribution in [-0.2, 0) is 9.53 Å². The molecule has 1 heterocycles. The van der Waals surface area contributed by atoms with Crippen LogP contribution in [0.2, 0.25) is 0 Å². The van der Waals surface area contributed by atoms with Gasteiger partial charge in [-0.15, -0.1) is 23.5 Å². The second-order valence-corrected chi connectivity index (χ2v) is 8.11. The van der Waals surface area contributed by atoms with Crippen molar-refractivity contribution in [2.75, 3.05) is 18.1 Å². The summed E-state index contributed by atoms with van der Waals surface area (Å²) in [5.41, 5.74) is 1.71. The van der Waals surface area contributed by atoms with Gasteiger partial charge in [-0.2, -0.15) is 0 Å². The number of hydrogen-bond acceptors (Lipinski definition) is 5. The van der Waals surface area contributed by atoms with Crippen LogP contribution in [0.5, 0.6) is 0 Å². The molecule has 0 bridgehead atoms. The molecule has 1 N–H and O–H groups in total. The Balaban J connectivity index is 1.90. The highest BCUT2D eigenvalue weighted by Crippen LogP contribution is 2.43. The first kappa shape index (κ1) is 18.2. The zero-order valence-electron chi connectivity index (χ0n) is 13.5. The van der Waals surface area contributed by atoms with Crippen LogP contribution < -0.4 is 5.32 Å². The standard InChI is InChI=1S/C17H23NO3S2/c1-3-9-18-15(19)12(2)21-16(20)13-5-7-14(8-6-13)17-22-10-4-11-23-17/h5-8,12,17H,3-4,9-11H2,1-2H3,(H,18,19)/t12-/m0/s1. The fourth-order valence-electron chi connectivity index (χ4n) is 2.13. The number of thioether (sulfide) groups is 2. The maximum absolute atomic E-state index is 12.1. The summed E-state index contributed by atoms with van der Waals surface area (Å²) in [6, 6.07) is 7.52. The second-order valence-electron chi connectivity index (χ2n) is 5.39. The minimum absolute atomic E-state index is 0.258. The summed E-state index contributed by atoms with van der Waals surface area (Å²) >= 11 is 3.89. The highest BCUT2D eigenvalue weighted by molar-refractivity contribution is 8.16. The lowest BCUT2D eigenvalue weighted by atomic mass is 10.1. The Morgan fingerprint density at radius 2 is 1.91 bits per heavy atom. The van der Waals surface area contributed by atoms with Gasteiger partial charge in [0.25, 0.3) is 5.91 Å². The summed E-state index contributed by atoms with van der Waals surface area (Å²) in [7, 11) is 0. The molecule has 0 saturated carbocycles. The zero-order valence-corrected chi connectivity index (χ0v) is 15.2. The van der Waals surface area contributed by atoms with Gasteiger partial charge in [-0.3, -0.25) is 4.79 Å². The fraction of sp³-hybridized carbons (Fsp3) is 0.529. The Kier molecular flexibility index (Phi) is 7.30. The Bertz CT molecular complexity index is 527. The van der Waals surface area contributed by atoms with Gasteiger partial charge in [0.05, 0.1) is 10.1 Å². The molecule has 1 saturated heterocycles. The lowest BCUT2D eigenvalue weighted by Crippen LogP contribution is -2.36. The molecule has 0 spiro atoms. The molecule has 1 amide bonds. The zero-order chi connectivity index (χ0) is 16.7. The van der Waals surface area contributed by atoms with Gasteiger partial charge in [0.15, 0.2) is 6.10 Å². The SMILES string of the molecule is CCCNC(=O)[C@H](C)OC(=O)c1ccc(C2SCCCS2)cc1. The molecule has 1 aromatic carbocycles. The summed E-state index contributed by atoms with van der Waals surface area (Å²) in [5, 5.41) is 2.72. The number of benzene rings is 1. The Labute approximate surface area is 146 Å². The van der Waals surface area contributed by atoms with Crippen molar-refractivity contribution in [3.8, 4) is 0 Å². The molecular formula is C17H23NO3S2. The van der Waals surface area contributed by atoms with Crippen LogP contribution in [-0.4, -0.2) is 36.0 Å². The van der Waals surface area contributed by atoms with Crippen LogP contribution in [0.25, 0.3) is 0 Å². The molecule has 1 aliphatic heterocycles. The van der Waals surface area contributed by atoms with E-state index in [0.29, 0.717) is 16.7 Å². The van der Waals surface area contributed by atoms with Crippen LogP contribution in [0.4, 0.5) is 0 Å². The van der Waals surface area contributed by atoms with E-state index in [1.807, 2.05) is 42.6 Å². The highest BCUT2D eigenvalue weighted by atomic mass is 32.2. The van der Waals surface area contributed by atoms with E-state index >= 15 is 0 Å². The van der Waals surface area contributed by atoms with E-state index in [1.54, 1.807) is 19.1 Å². The summed E-state index contributed by atoms with van der Waals surface area (Å²) < 4.78 is 5.67. The molecule has 4 nitrogen and oxygen atoms in total. The summed E-state index contributed by atoms with van der Waals surface area (Å²) in [6.45, 7) is 4.15. The van der Waals surface area contributed by atoms with Crippen molar-refractivity contribution < 1.29 is 14.3 Å². The minimum Gasteiger partial charge on any atom is -0.449 e. The van der Waals surface area contributed by atoms with E-state index in [1.165, 1.54) is 23.5 Å². The number of esters is 1. The van der Waals surface area contributed by atoms with Crippen LogP contribution in [0, 0.1) is 0 Å². The molecule has 1 fully saturated rings. The van der Waals surface area contributed by atoms with Crippen molar-refractivity contribution in [1.82, 2.24) is 5.32 Å². The van der Waals surface area contributed by atoms with Crippen molar-refractivity contribution in [2.24, 2.45) is 0 Å². The number of nitrogens with one attached hydrogen (secondary N) is 1. The van der Waals surface area contributed by atoms with Gasteiger partial charge >= 0.3 is 5.97 Å². The molecule has 0 aromatic heterocycles. The van der Waals surface area contributed by atoms with Gasteiger partial charge in [0.2, 0.25) is 0 Å². The average molecular weight is 354 g/mol. The van der Waals surface area contributed by atoms with E-state index in [-0.39, 0.29) is 5.91 Å². The van der Waals surface area contributed by atoms with Gasteiger partial charge in [-0.05, 0) is 49.0 Å². The van der Waals surface area contributed by atoms with E-state index in [4.69, 9.17) is 4.74 Å². The molecule has 6 heteroatoms. The quantitative estimate of drug-likeness (QED) is 0.792. The monoisotopic (exact) mass is 353 g/mol. The Morgan fingerprint density at radius 3 is 2.52 bits per heavy atom. The van der Waals surface area contributed by atoms with Crippen LogP contribution in [0.3, 0.4) is 0 Å². The van der Waals surface area contributed by atoms with Gasteiger partial charge < -0.3 is 10.1 Å². The van der Waals surface area contributed by atoms with E-state index < -0.39 is 12.1 Å². The Hall–Kier alpha value is -1.14. The van der Waals surface area contributed by atoms with E-state index in [9.17, 15) is 9.59 Å². The number of hydrogen-bond donors (Lipinski definition) is 1. The highest BCUT2D eigenvalue weighted by Gasteiger charge is 2.20. The molecule has 126 valence electrons. The molecule has 23 heavy (non-hydrogen) atoms. The van der Waals surface area contributed by atoms with Crippen molar-refractivity contribution >= 4 is 35.4 Å². The molecule has 1 aromatic rings. The predicted molar refractivity (Wildman–Crippen MR) is 96.9 cm³/mol. The van der Waals surface area contributed by atoms with Crippen molar-refractivity contribution in [3.63, 3.8) is 0 Å². The van der Waals surface area contributed by atoms with Crippen molar-refractivity contribution in [1.29, 1.82) is 0 Å². The molecule has 0 unspecified atom stereocenters. The maximum Gasteiger partial charge on any atom is 0.338 e. The van der Waals surface area contributed by atoms with Crippen LogP contribution >= 0.6 is 23.5 Å². The first-order valence-corrected chi connectivity index (χ1v) is 10.0. The molecule has 0 radical (unpaired) electrons. The number of carbonyl (C=O) groups excluding carboxylic acids is 2. The van der Waals surface area contributed by atoms with Gasteiger partial charge in [-0.25, -0.2) is 4.79 Å². The lowest BCUT2D eigenvalue weighted by Gasteiger charge is -2.21. The molecule has 0 aliphatic carbocycles. The van der Waals surface area contributed by atoms with Gasteiger partial charge in [0, 0.05) is 6.54 Å². The van der Waals surface area contributed by atoms with Crippen molar-refractivity contribution in [3.05, 3.63) is 35.4 Å². The predicted octanol–water partition coefficient (Wildman–Crippen LogP) is 3.63. The Morgan fingerprint density at radius 1 is 1.26 bits per heavy atom. The summed E-state index contributed by atoms with van der Waals surface area (Å²) in [6.07, 6.45) is 1.33. The topological polar surface area (TPSA) is 55.4 Å². The molecule has 2 rings (SSSR count). The normalized spacial score (nSPS) is 16.6. The number of amides is 1. The summed E-state index contributed by atoms with van der Waals surface area (Å²) in [4.78, 5) is 23.8. The first-order valence-electron chi connectivity index (χ1n) is 7.93. The largest absolute Gasteiger partial charge is 0.449 e. The van der Waals surface area contributed by atoms with Gasteiger partial charge in [-0.1, -0.05) is 19.1 Å². The first-order chi connectivity index (χ1) is 11.1. The smallest absolute Gasteiger partial charge is 0.338 e. The van der Waals surface area contributed by atoms with Crippen molar-refractivity contribution in [2.45, 2.75) is 37.4 Å². The third kappa shape index (κ3) is 5.46. The van der Waals surface area contributed by atoms with E-state index in [2.05, 4.69) is 5.32 Å². The van der Waals surface area contributed by atoms with Crippen LogP contribution in [0.15, 0.2) is 24.3 Å². The minimum atomic E-state index is -0.779. The number of ether oxygens (including phenoxy) is 1. The molecule has 1 atom stereocenters. The summed E-state index contributed by atoms with van der Waals surface area (Å²) in [5.74, 6) is 1.66. The third-order valence-electron chi connectivity index (χ3n) is 3.45.